The van der Waals surface area contributed by atoms with Crippen LogP contribution in [0.25, 0.3) is 6.08 Å². The predicted octanol–water partition coefficient (Wildman–Crippen LogP) is 6.11. The minimum absolute atomic E-state index is 0.00175. The van der Waals surface area contributed by atoms with Gasteiger partial charge in [0, 0.05) is 18.3 Å². The molecular weight excluding hydrogens is 414 g/mol. The minimum atomic E-state index is -1.31. The van der Waals surface area contributed by atoms with E-state index in [0.717, 1.165) is 11.1 Å². The minimum Gasteiger partial charge on any atom is -0.478 e. The number of aromatic nitrogens is 1. The molecule has 0 atom stereocenters. The molecule has 0 spiro atoms. The van der Waals surface area contributed by atoms with Gasteiger partial charge in [-0.15, -0.1) is 0 Å². The summed E-state index contributed by atoms with van der Waals surface area (Å²) >= 11 is 0. The molecule has 3 rings (SSSR count). The Morgan fingerprint density at radius 2 is 1.79 bits per heavy atom. The molecule has 5 heteroatoms. The third kappa shape index (κ3) is 6.01. The number of ketones is 1. The third-order valence-corrected chi connectivity index (χ3v) is 5.46. The van der Waals surface area contributed by atoms with E-state index in [1.807, 2.05) is 72.3 Å². The molecule has 0 saturated carbocycles. The van der Waals surface area contributed by atoms with Crippen molar-refractivity contribution in [3.05, 3.63) is 94.8 Å². The van der Waals surface area contributed by atoms with Crippen LogP contribution in [-0.2, 0) is 11.3 Å². The Balaban J connectivity index is 1.75. The summed E-state index contributed by atoms with van der Waals surface area (Å²) in [6.45, 7) is 9.80. The number of nitrogens with zero attached hydrogens (tertiary/aromatic N) is 1. The Labute approximate surface area is 195 Å². The molecule has 1 heterocycles. The van der Waals surface area contributed by atoms with E-state index in [1.165, 1.54) is 19.4 Å². The zero-order chi connectivity index (χ0) is 24.2. The fraction of sp³-hybridized carbons (Fsp3) is 0.286. The van der Waals surface area contributed by atoms with E-state index in [1.54, 1.807) is 12.1 Å². The molecule has 1 aromatic heterocycles. The molecule has 0 fully saturated rings. The smallest absolute Gasteiger partial charge is 0.347 e. The lowest BCUT2D eigenvalue weighted by Gasteiger charge is -2.21. The van der Waals surface area contributed by atoms with E-state index >= 15 is 0 Å². The fourth-order valence-electron chi connectivity index (χ4n) is 3.49. The predicted molar refractivity (Wildman–Crippen MR) is 131 cm³/mol. The molecule has 0 aliphatic heterocycles. The highest BCUT2D eigenvalue weighted by molar-refractivity contribution is 6.08. The lowest BCUT2D eigenvalue weighted by Crippen LogP contribution is -2.37. The van der Waals surface area contributed by atoms with Crippen molar-refractivity contribution in [2.75, 3.05) is 0 Å². The number of hydrogen-bond donors (Lipinski definition) is 1. The highest BCUT2D eigenvalue weighted by Gasteiger charge is 2.29. The van der Waals surface area contributed by atoms with Crippen molar-refractivity contribution >= 4 is 17.8 Å². The molecule has 5 nitrogen and oxygen atoms in total. The van der Waals surface area contributed by atoms with Crippen molar-refractivity contribution in [2.24, 2.45) is 0 Å². The molecule has 172 valence electrons. The molecule has 0 bridgehead atoms. The van der Waals surface area contributed by atoms with Gasteiger partial charge in [-0.25, -0.2) is 4.79 Å². The van der Waals surface area contributed by atoms with Crippen LogP contribution in [-0.4, -0.2) is 27.0 Å². The number of rotatable bonds is 9. The number of carbonyl (C=O) groups excluding carboxylic acids is 1. The first-order valence-electron chi connectivity index (χ1n) is 11.1. The van der Waals surface area contributed by atoms with Crippen molar-refractivity contribution < 1.29 is 19.4 Å². The van der Waals surface area contributed by atoms with Crippen LogP contribution in [0.3, 0.4) is 0 Å². The number of allylic oxidation sites excluding steroid dienone is 1. The molecule has 0 radical (unpaired) electrons. The van der Waals surface area contributed by atoms with Gasteiger partial charge in [-0.3, -0.25) is 4.79 Å². The first-order chi connectivity index (χ1) is 15.6. The normalized spacial score (nSPS) is 11.8. The molecule has 0 aliphatic carbocycles. The summed E-state index contributed by atoms with van der Waals surface area (Å²) in [5.74, 6) is -0.118. The van der Waals surface area contributed by atoms with Gasteiger partial charge in [0.25, 0.3) is 0 Å². The van der Waals surface area contributed by atoms with Crippen LogP contribution in [0.4, 0.5) is 0 Å². The second-order valence-corrected chi connectivity index (χ2v) is 9.05. The van der Waals surface area contributed by atoms with Crippen LogP contribution < -0.4 is 4.74 Å². The topological polar surface area (TPSA) is 68.5 Å². The van der Waals surface area contributed by atoms with Gasteiger partial charge < -0.3 is 14.4 Å². The number of carboxylic acids is 1. The molecule has 0 unspecified atom stereocenters. The molecular formula is C28H31NO4. The fourth-order valence-corrected chi connectivity index (χ4v) is 3.49. The van der Waals surface area contributed by atoms with Crippen LogP contribution in [0.15, 0.2) is 66.9 Å². The Kier molecular flexibility index (Phi) is 7.22. The third-order valence-electron chi connectivity index (χ3n) is 5.46. The molecule has 3 aromatic rings. The van der Waals surface area contributed by atoms with Crippen LogP contribution in [0.2, 0.25) is 0 Å². The first-order valence-corrected chi connectivity index (χ1v) is 11.1. The Morgan fingerprint density at radius 1 is 1.09 bits per heavy atom. The zero-order valence-corrected chi connectivity index (χ0v) is 19.8. The van der Waals surface area contributed by atoms with E-state index in [-0.39, 0.29) is 5.78 Å². The maximum absolute atomic E-state index is 13.1. The SMILES string of the molecule is Cc1cc(C(=O)c2ccc(C(C)C)cc2)n(C/C=C/c2cccc(OC(C)(C)C(=O)O)c2)c1. The summed E-state index contributed by atoms with van der Waals surface area (Å²) in [6, 6.07) is 17.0. The van der Waals surface area contributed by atoms with E-state index in [9.17, 15) is 14.7 Å². The van der Waals surface area contributed by atoms with Gasteiger partial charge in [0.15, 0.2) is 5.60 Å². The lowest BCUT2D eigenvalue weighted by atomic mass is 9.99. The van der Waals surface area contributed by atoms with Crippen LogP contribution in [0.1, 0.15) is 66.4 Å². The van der Waals surface area contributed by atoms with Crippen molar-refractivity contribution in [2.45, 2.75) is 52.7 Å². The van der Waals surface area contributed by atoms with E-state index in [2.05, 4.69) is 13.8 Å². The Hall–Kier alpha value is -3.60. The van der Waals surface area contributed by atoms with Crippen LogP contribution >= 0.6 is 0 Å². The van der Waals surface area contributed by atoms with Gasteiger partial charge in [0.05, 0.1) is 5.69 Å². The van der Waals surface area contributed by atoms with Gasteiger partial charge >= 0.3 is 5.97 Å². The number of ether oxygens (including phenoxy) is 1. The number of carbonyl (C=O) groups is 2. The number of hydrogen-bond acceptors (Lipinski definition) is 3. The first kappa shape index (κ1) is 24.1. The second kappa shape index (κ2) is 9.90. The lowest BCUT2D eigenvalue weighted by molar-refractivity contribution is -0.152. The van der Waals surface area contributed by atoms with Crippen molar-refractivity contribution in [1.29, 1.82) is 0 Å². The molecule has 0 saturated heterocycles. The van der Waals surface area contributed by atoms with Gasteiger partial charge in [0.2, 0.25) is 5.78 Å². The molecule has 2 aromatic carbocycles. The zero-order valence-electron chi connectivity index (χ0n) is 19.8. The summed E-state index contributed by atoms with van der Waals surface area (Å²) in [5, 5.41) is 9.26. The number of carboxylic acid groups (broad SMARTS) is 1. The summed E-state index contributed by atoms with van der Waals surface area (Å²) in [5.41, 5.74) is 3.13. The number of benzene rings is 2. The monoisotopic (exact) mass is 445 g/mol. The van der Waals surface area contributed by atoms with E-state index in [4.69, 9.17) is 4.74 Å². The van der Waals surface area contributed by atoms with Crippen LogP contribution in [0.5, 0.6) is 5.75 Å². The quantitative estimate of drug-likeness (QED) is 0.404. The van der Waals surface area contributed by atoms with Crippen molar-refractivity contribution in [3.8, 4) is 5.75 Å². The molecule has 0 amide bonds. The summed E-state index contributed by atoms with van der Waals surface area (Å²) in [6.07, 6.45) is 5.87. The second-order valence-electron chi connectivity index (χ2n) is 9.05. The van der Waals surface area contributed by atoms with Gasteiger partial charge in [-0.1, -0.05) is 62.4 Å². The average molecular weight is 446 g/mol. The van der Waals surface area contributed by atoms with E-state index in [0.29, 0.717) is 29.5 Å². The summed E-state index contributed by atoms with van der Waals surface area (Å²) < 4.78 is 7.55. The maximum Gasteiger partial charge on any atom is 0.347 e. The van der Waals surface area contributed by atoms with Crippen molar-refractivity contribution in [1.82, 2.24) is 4.57 Å². The van der Waals surface area contributed by atoms with E-state index < -0.39 is 11.6 Å². The Bertz CT molecular complexity index is 1170. The molecule has 0 aliphatic rings. The van der Waals surface area contributed by atoms with Gasteiger partial charge in [-0.05, 0) is 61.6 Å². The van der Waals surface area contributed by atoms with Crippen molar-refractivity contribution in [3.63, 3.8) is 0 Å². The Morgan fingerprint density at radius 3 is 2.42 bits per heavy atom. The highest BCUT2D eigenvalue weighted by atomic mass is 16.5. The largest absolute Gasteiger partial charge is 0.478 e. The maximum atomic E-state index is 13.1. The number of aryl methyl sites for hydroxylation is 1. The number of aliphatic carboxylic acids is 1. The standard InChI is InChI=1S/C28H31NO4/c1-19(2)22-11-13-23(14-12-22)26(30)25-16-20(3)18-29(25)15-7-9-21-8-6-10-24(17-21)33-28(4,5)27(31)32/h6-14,16-19H,15H2,1-5H3,(H,31,32)/b9-7+. The molecule has 1 N–H and O–H groups in total. The average Bonchev–Trinajstić information content (AvgIpc) is 3.13. The highest BCUT2D eigenvalue weighted by Crippen LogP contribution is 2.21. The van der Waals surface area contributed by atoms with Crippen LogP contribution in [0, 0.1) is 6.92 Å². The van der Waals surface area contributed by atoms with Gasteiger partial charge in [-0.2, -0.15) is 0 Å². The molecule has 33 heavy (non-hydrogen) atoms. The van der Waals surface area contributed by atoms with Gasteiger partial charge in [0.1, 0.15) is 5.75 Å². The summed E-state index contributed by atoms with van der Waals surface area (Å²) in [7, 11) is 0. The summed E-state index contributed by atoms with van der Waals surface area (Å²) in [4.78, 5) is 24.4.